The number of rotatable bonds is 15. The fourth-order valence-corrected chi connectivity index (χ4v) is 7.69. The summed E-state index contributed by atoms with van der Waals surface area (Å²) < 4.78 is 25.4. The summed E-state index contributed by atoms with van der Waals surface area (Å²) in [7, 11) is 0. The molecule has 0 radical (unpaired) electrons. The first-order valence-electron chi connectivity index (χ1n) is 18.8. The third kappa shape index (κ3) is 8.12. The maximum absolute atomic E-state index is 13.4. The number of aromatic nitrogens is 5. The SMILES string of the molecule is CCCCn1c(=O)n(-c2ccc(N3CCN(c4ccc(OC[C@@H]5CO[C@@](Cn6ccnc6)(c6ccc(Cl)cc6Cl)O5)cc4)CC3)cc2)c(=O)n1CCCC. The fraction of sp³-hybridized carbons (Fsp3) is 0.425. The normalized spacial score (nSPS) is 18.8. The van der Waals surface area contributed by atoms with Crippen LogP contribution in [-0.2, 0) is 34.9 Å². The van der Waals surface area contributed by atoms with Gasteiger partial charge in [0.15, 0.2) is 0 Å². The van der Waals surface area contributed by atoms with Gasteiger partial charge in [0, 0.05) is 73.6 Å². The second-order valence-electron chi connectivity index (χ2n) is 13.8. The Bertz CT molecular complexity index is 2070. The van der Waals surface area contributed by atoms with E-state index in [1.165, 1.54) is 4.57 Å². The molecule has 0 N–H and O–H groups in total. The number of nitrogens with zero attached hydrogens (tertiary/aromatic N) is 7. The molecule has 2 fully saturated rings. The van der Waals surface area contributed by atoms with Gasteiger partial charge in [0.25, 0.3) is 0 Å². The zero-order valence-electron chi connectivity index (χ0n) is 30.8. The van der Waals surface area contributed by atoms with Crippen molar-refractivity contribution in [3.05, 3.63) is 122 Å². The molecule has 5 aromatic rings. The molecule has 0 spiro atoms. The minimum atomic E-state index is -1.11. The first kappa shape index (κ1) is 37.8. The molecule has 0 amide bonds. The molecule has 54 heavy (non-hydrogen) atoms. The van der Waals surface area contributed by atoms with Crippen LogP contribution in [0.1, 0.15) is 45.1 Å². The molecule has 4 heterocycles. The summed E-state index contributed by atoms with van der Waals surface area (Å²) in [5, 5.41) is 1.01. The van der Waals surface area contributed by atoms with Gasteiger partial charge in [-0.25, -0.2) is 28.5 Å². The highest BCUT2D eigenvalue weighted by Gasteiger charge is 2.45. The van der Waals surface area contributed by atoms with Crippen molar-refractivity contribution in [2.75, 3.05) is 49.2 Å². The van der Waals surface area contributed by atoms with E-state index in [9.17, 15) is 9.59 Å². The van der Waals surface area contributed by atoms with Crippen LogP contribution in [0.3, 0.4) is 0 Å². The van der Waals surface area contributed by atoms with E-state index in [2.05, 4.69) is 40.8 Å². The number of unbranched alkanes of at least 4 members (excludes halogenated alkanes) is 2. The lowest BCUT2D eigenvalue weighted by Crippen LogP contribution is -2.46. The van der Waals surface area contributed by atoms with Crippen molar-refractivity contribution < 1.29 is 14.2 Å². The monoisotopic (exact) mass is 775 g/mol. The quantitative estimate of drug-likeness (QED) is 0.118. The number of piperazine rings is 1. The molecule has 2 aromatic heterocycles. The van der Waals surface area contributed by atoms with Gasteiger partial charge in [0.2, 0.25) is 5.79 Å². The molecule has 0 saturated carbocycles. The van der Waals surface area contributed by atoms with Crippen molar-refractivity contribution in [3.8, 4) is 11.4 Å². The van der Waals surface area contributed by atoms with Gasteiger partial charge in [0.05, 0.1) is 30.2 Å². The van der Waals surface area contributed by atoms with Gasteiger partial charge >= 0.3 is 11.4 Å². The topological polar surface area (TPSA) is 101 Å². The van der Waals surface area contributed by atoms with Crippen molar-refractivity contribution in [1.82, 2.24) is 23.5 Å². The number of anilines is 2. The number of imidazole rings is 1. The van der Waals surface area contributed by atoms with Crippen LogP contribution < -0.4 is 25.9 Å². The van der Waals surface area contributed by atoms with E-state index in [4.69, 9.17) is 37.4 Å². The first-order valence-corrected chi connectivity index (χ1v) is 19.5. The second-order valence-corrected chi connectivity index (χ2v) is 14.7. The van der Waals surface area contributed by atoms with Crippen LogP contribution in [0.2, 0.25) is 10.0 Å². The predicted octanol–water partition coefficient (Wildman–Crippen LogP) is 6.58. The van der Waals surface area contributed by atoms with Crippen molar-refractivity contribution in [2.24, 2.45) is 0 Å². The number of hydrogen-bond acceptors (Lipinski definition) is 8. The van der Waals surface area contributed by atoms with Gasteiger partial charge in [-0.2, -0.15) is 0 Å². The minimum Gasteiger partial charge on any atom is -0.491 e. The van der Waals surface area contributed by atoms with Crippen LogP contribution in [0.15, 0.2) is 95.0 Å². The molecular weight excluding hydrogens is 729 g/mol. The Hall–Kier alpha value is -4.49. The van der Waals surface area contributed by atoms with Crippen LogP contribution >= 0.6 is 23.2 Å². The second kappa shape index (κ2) is 16.9. The Morgan fingerprint density at radius 2 is 1.41 bits per heavy atom. The molecule has 0 bridgehead atoms. The Morgan fingerprint density at radius 1 is 0.815 bits per heavy atom. The molecule has 3 aromatic carbocycles. The van der Waals surface area contributed by atoms with Crippen LogP contribution in [0.5, 0.6) is 5.75 Å². The summed E-state index contributed by atoms with van der Waals surface area (Å²) in [5.74, 6) is -0.364. The highest BCUT2D eigenvalue weighted by atomic mass is 35.5. The average molecular weight is 777 g/mol. The van der Waals surface area contributed by atoms with Crippen LogP contribution in [0.4, 0.5) is 11.4 Å². The van der Waals surface area contributed by atoms with Gasteiger partial charge < -0.3 is 28.6 Å². The third-order valence-electron chi connectivity index (χ3n) is 10.1. The number of ether oxygens (including phenoxy) is 3. The molecule has 2 aliphatic rings. The Kier molecular flexibility index (Phi) is 11.8. The van der Waals surface area contributed by atoms with Crippen molar-refractivity contribution in [2.45, 2.75) is 71.1 Å². The Balaban J connectivity index is 0.937. The van der Waals surface area contributed by atoms with Gasteiger partial charge in [-0.1, -0.05) is 56.0 Å². The van der Waals surface area contributed by atoms with E-state index < -0.39 is 5.79 Å². The summed E-state index contributed by atoms with van der Waals surface area (Å²) in [4.78, 5) is 35.6. The van der Waals surface area contributed by atoms with Gasteiger partial charge in [-0.15, -0.1) is 0 Å². The molecule has 14 heteroatoms. The Morgan fingerprint density at radius 3 is 1.96 bits per heavy atom. The number of hydrogen-bond donors (Lipinski definition) is 0. The largest absolute Gasteiger partial charge is 0.491 e. The zero-order chi connectivity index (χ0) is 37.7. The van der Waals surface area contributed by atoms with Crippen LogP contribution in [0.25, 0.3) is 5.69 Å². The molecule has 286 valence electrons. The lowest BCUT2D eigenvalue weighted by molar-refractivity contribution is -0.189. The number of benzene rings is 3. The van der Waals surface area contributed by atoms with E-state index in [1.54, 1.807) is 34.0 Å². The highest BCUT2D eigenvalue weighted by Crippen LogP contribution is 2.40. The third-order valence-corrected chi connectivity index (χ3v) is 10.7. The molecule has 0 aliphatic carbocycles. The van der Waals surface area contributed by atoms with Crippen LogP contribution in [0, 0.1) is 0 Å². The average Bonchev–Trinajstić information content (AvgIpc) is 3.91. The molecule has 7 rings (SSSR count). The molecule has 0 unspecified atom stereocenters. The number of halogens is 2. The molecular formula is C40H47Cl2N7O5. The lowest BCUT2D eigenvalue weighted by Gasteiger charge is -2.37. The Labute approximate surface area is 325 Å². The van der Waals surface area contributed by atoms with Crippen molar-refractivity contribution in [3.63, 3.8) is 0 Å². The van der Waals surface area contributed by atoms with Crippen LogP contribution in [-0.4, -0.2) is 69.0 Å². The summed E-state index contributed by atoms with van der Waals surface area (Å²) >= 11 is 12.8. The maximum Gasteiger partial charge on any atom is 0.351 e. The van der Waals surface area contributed by atoms with E-state index in [-0.39, 0.29) is 17.5 Å². The molecule has 2 aliphatic heterocycles. The van der Waals surface area contributed by atoms with Gasteiger partial charge in [-0.05, 0) is 73.5 Å². The summed E-state index contributed by atoms with van der Waals surface area (Å²) in [6, 6.07) is 21.2. The predicted molar refractivity (Wildman–Crippen MR) is 212 cm³/mol. The van der Waals surface area contributed by atoms with Gasteiger partial charge in [-0.3, -0.25) is 0 Å². The first-order chi connectivity index (χ1) is 26.3. The van der Waals surface area contributed by atoms with Gasteiger partial charge in [0.1, 0.15) is 18.5 Å². The highest BCUT2D eigenvalue weighted by molar-refractivity contribution is 6.35. The molecule has 2 atom stereocenters. The summed E-state index contributed by atoms with van der Waals surface area (Å²) in [6.45, 7) is 9.65. The van der Waals surface area contributed by atoms with E-state index >= 15 is 0 Å². The van der Waals surface area contributed by atoms with E-state index in [0.717, 1.165) is 69.0 Å². The van der Waals surface area contributed by atoms with Crippen molar-refractivity contribution >= 4 is 34.6 Å². The summed E-state index contributed by atoms with van der Waals surface area (Å²) in [6.07, 6.45) is 8.56. The smallest absolute Gasteiger partial charge is 0.351 e. The lowest BCUT2D eigenvalue weighted by atomic mass is 10.1. The van der Waals surface area contributed by atoms with E-state index in [0.29, 0.717) is 54.1 Å². The maximum atomic E-state index is 13.4. The molecule has 12 nitrogen and oxygen atoms in total. The standard InChI is InChI=1S/C40H47Cl2N7O5/c1-3-5-18-47-38(50)49(39(51)48(47)19-6-4-2)33-10-8-31(9-11-33)45-21-23-46(24-22-45)32-12-14-34(15-13-32)52-26-35-27-53-40(54-35,28-44-20-17-43-29-44)36-16-7-30(41)25-37(36)42/h7-17,20,25,29,35H,3-6,18-19,21-24,26-28H2,1-2H3/t35-,40-/m1/s1. The van der Waals surface area contributed by atoms with E-state index in [1.807, 2.05) is 53.2 Å². The minimum absolute atomic E-state index is 0.272. The van der Waals surface area contributed by atoms with Crippen molar-refractivity contribution in [1.29, 1.82) is 0 Å². The molecule has 2 saturated heterocycles. The zero-order valence-corrected chi connectivity index (χ0v) is 32.3. The fourth-order valence-electron chi connectivity index (χ4n) is 7.14. The summed E-state index contributed by atoms with van der Waals surface area (Å²) in [5.41, 5.74) is 2.95.